The Balaban J connectivity index is 1.54. The number of nitrogens with zero attached hydrogens (tertiary/aromatic N) is 4. The number of carbonyl (C=O) groups is 1. The Labute approximate surface area is 194 Å². The van der Waals surface area contributed by atoms with E-state index in [0.717, 1.165) is 17.3 Å². The van der Waals surface area contributed by atoms with Gasteiger partial charge < -0.3 is 9.88 Å². The molecular formula is C24H20FN5O3S. The second-order valence-corrected chi connectivity index (χ2v) is 9.84. The highest BCUT2D eigenvalue weighted by Gasteiger charge is 2.25. The third kappa shape index (κ3) is 4.03. The highest BCUT2D eigenvalue weighted by Crippen LogP contribution is 2.22. The number of pyridine rings is 1. The second kappa shape index (κ2) is 8.38. The van der Waals surface area contributed by atoms with Crippen LogP contribution >= 0.6 is 0 Å². The molecule has 1 N–H and O–H groups in total. The van der Waals surface area contributed by atoms with Gasteiger partial charge in [-0.25, -0.2) is 22.8 Å². The highest BCUT2D eigenvalue weighted by atomic mass is 32.2. The van der Waals surface area contributed by atoms with Gasteiger partial charge in [0, 0.05) is 19.0 Å². The molecule has 3 aromatic heterocycles. The van der Waals surface area contributed by atoms with Crippen molar-refractivity contribution in [2.75, 3.05) is 6.26 Å². The van der Waals surface area contributed by atoms with Crippen molar-refractivity contribution < 1.29 is 17.6 Å². The van der Waals surface area contributed by atoms with Crippen molar-refractivity contribution in [3.63, 3.8) is 0 Å². The molecule has 0 aliphatic carbocycles. The average Bonchev–Trinajstić information content (AvgIpc) is 3.41. The monoisotopic (exact) mass is 477 g/mol. The lowest BCUT2D eigenvalue weighted by Gasteiger charge is -2.20. The highest BCUT2D eigenvalue weighted by molar-refractivity contribution is 7.90. The Bertz CT molecular complexity index is 1620. The van der Waals surface area contributed by atoms with E-state index in [9.17, 15) is 17.6 Å². The topological polar surface area (TPSA) is 98.4 Å². The SMILES string of the molecule is CS(=O)(=O)c1nc(C(=O)NC(Cn2cnc3ccccc32)c2ccc(F)cc2)c2ccccn12. The van der Waals surface area contributed by atoms with Crippen LogP contribution in [-0.4, -0.2) is 39.5 Å². The maximum absolute atomic E-state index is 13.6. The first-order valence-electron chi connectivity index (χ1n) is 10.4. The summed E-state index contributed by atoms with van der Waals surface area (Å²) in [4.78, 5) is 21.9. The van der Waals surface area contributed by atoms with Crippen LogP contribution in [0, 0.1) is 5.82 Å². The number of imidazole rings is 2. The smallest absolute Gasteiger partial charge is 0.272 e. The first-order valence-corrected chi connectivity index (χ1v) is 12.3. The summed E-state index contributed by atoms with van der Waals surface area (Å²) in [5, 5.41) is 2.73. The molecule has 0 aliphatic heterocycles. The largest absolute Gasteiger partial charge is 0.342 e. The zero-order valence-electron chi connectivity index (χ0n) is 18.1. The van der Waals surface area contributed by atoms with Crippen LogP contribution in [-0.2, 0) is 16.4 Å². The van der Waals surface area contributed by atoms with Crippen LogP contribution in [0.25, 0.3) is 16.6 Å². The van der Waals surface area contributed by atoms with Gasteiger partial charge in [-0.15, -0.1) is 0 Å². The molecule has 3 heterocycles. The maximum atomic E-state index is 13.6. The minimum absolute atomic E-state index is 0.0105. The van der Waals surface area contributed by atoms with Gasteiger partial charge in [0.2, 0.25) is 15.0 Å². The number of rotatable bonds is 6. The summed E-state index contributed by atoms with van der Waals surface area (Å²) in [5.74, 6) is -0.933. The number of hydrogen-bond donors (Lipinski definition) is 1. The van der Waals surface area contributed by atoms with Gasteiger partial charge in [-0.1, -0.05) is 30.3 Å². The average molecular weight is 478 g/mol. The fourth-order valence-corrected chi connectivity index (χ4v) is 4.72. The van der Waals surface area contributed by atoms with E-state index in [1.807, 2.05) is 28.8 Å². The van der Waals surface area contributed by atoms with Crippen LogP contribution in [0.4, 0.5) is 4.39 Å². The normalized spacial score (nSPS) is 12.8. The Kier molecular flexibility index (Phi) is 5.37. The van der Waals surface area contributed by atoms with Crippen molar-refractivity contribution in [2.24, 2.45) is 0 Å². The molecular weight excluding hydrogens is 457 g/mol. The number of nitrogens with one attached hydrogen (secondary N) is 1. The summed E-state index contributed by atoms with van der Waals surface area (Å²) < 4.78 is 41.3. The summed E-state index contributed by atoms with van der Waals surface area (Å²) in [7, 11) is -3.68. The minimum atomic E-state index is -3.68. The van der Waals surface area contributed by atoms with Crippen molar-refractivity contribution in [2.45, 2.75) is 17.7 Å². The van der Waals surface area contributed by atoms with E-state index in [1.54, 1.807) is 42.9 Å². The van der Waals surface area contributed by atoms with E-state index < -0.39 is 21.8 Å². The van der Waals surface area contributed by atoms with E-state index in [4.69, 9.17) is 0 Å². The Morgan fingerprint density at radius 1 is 1.03 bits per heavy atom. The molecule has 34 heavy (non-hydrogen) atoms. The van der Waals surface area contributed by atoms with Crippen molar-refractivity contribution in [3.8, 4) is 0 Å². The zero-order valence-corrected chi connectivity index (χ0v) is 18.9. The number of sulfone groups is 1. The quantitative estimate of drug-likeness (QED) is 0.404. The summed E-state index contributed by atoms with van der Waals surface area (Å²) in [6.07, 6.45) is 4.27. The molecule has 0 aliphatic rings. The third-order valence-electron chi connectivity index (χ3n) is 5.55. The molecule has 1 atom stereocenters. The second-order valence-electron chi connectivity index (χ2n) is 7.93. The number of hydrogen-bond acceptors (Lipinski definition) is 5. The van der Waals surface area contributed by atoms with Crippen molar-refractivity contribution >= 4 is 32.3 Å². The van der Waals surface area contributed by atoms with Crippen LogP contribution < -0.4 is 5.32 Å². The van der Waals surface area contributed by atoms with E-state index in [0.29, 0.717) is 17.6 Å². The molecule has 0 saturated heterocycles. The van der Waals surface area contributed by atoms with Gasteiger partial charge in [0.25, 0.3) is 5.91 Å². The van der Waals surface area contributed by atoms with Crippen molar-refractivity contribution in [1.29, 1.82) is 0 Å². The molecule has 172 valence electrons. The first kappa shape index (κ1) is 21.8. The molecule has 0 spiro atoms. The van der Waals surface area contributed by atoms with Gasteiger partial charge in [-0.2, -0.15) is 0 Å². The summed E-state index contributed by atoms with van der Waals surface area (Å²) in [5.41, 5.74) is 2.73. The van der Waals surface area contributed by atoms with E-state index >= 15 is 0 Å². The van der Waals surface area contributed by atoms with E-state index in [1.165, 1.54) is 16.5 Å². The summed E-state index contributed by atoms with van der Waals surface area (Å²) >= 11 is 0. The number of carbonyl (C=O) groups excluding carboxylic acids is 1. The lowest BCUT2D eigenvalue weighted by molar-refractivity contribution is 0.0929. The van der Waals surface area contributed by atoms with Gasteiger partial charge >= 0.3 is 0 Å². The molecule has 0 fully saturated rings. The number of aromatic nitrogens is 4. The standard InChI is InChI=1S/C24H20FN5O3S/c1-34(32,33)24-28-22(21-8-4-5-13-30(21)24)23(31)27-19(16-9-11-17(25)12-10-16)14-29-15-26-18-6-2-3-7-20(18)29/h2-13,15,19H,14H2,1H3,(H,27,31). The molecule has 1 amide bonds. The van der Waals surface area contributed by atoms with E-state index in [-0.39, 0.29) is 16.7 Å². The first-order chi connectivity index (χ1) is 16.3. The van der Waals surface area contributed by atoms with Crippen LogP contribution in [0.5, 0.6) is 0 Å². The van der Waals surface area contributed by atoms with Crippen molar-refractivity contribution in [3.05, 3.63) is 96.3 Å². The van der Waals surface area contributed by atoms with E-state index in [2.05, 4.69) is 15.3 Å². The maximum Gasteiger partial charge on any atom is 0.272 e. The molecule has 10 heteroatoms. The van der Waals surface area contributed by atoms with Gasteiger partial charge in [-0.05, 0) is 42.0 Å². The summed E-state index contributed by atoms with van der Waals surface area (Å²) in [6.45, 7) is 0.322. The Morgan fingerprint density at radius 2 is 1.74 bits per heavy atom. The number of para-hydroxylation sites is 2. The fraction of sp³-hybridized carbons (Fsp3) is 0.125. The minimum Gasteiger partial charge on any atom is -0.342 e. The van der Waals surface area contributed by atoms with Gasteiger partial charge in [-0.3, -0.25) is 9.20 Å². The van der Waals surface area contributed by atoms with Crippen LogP contribution in [0.15, 0.2) is 84.4 Å². The van der Waals surface area contributed by atoms with Crippen molar-refractivity contribution in [1.82, 2.24) is 24.3 Å². The molecule has 5 aromatic rings. The molecule has 0 bridgehead atoms. The van der Waals surface area contributed by atoms with Crippen LogP contribution in [0.3, 0.4) is 0 Å². The van der Waals surface area contributed by atoms with Gasteiger partial charge in [0.05, 0.1) is 28.9 Å². The predicted octanol–water partition coefficient (Wildman–Crippen LogP) is 3.40. The molecule has 5 rings (SSSR count). The van der Waals surface area contributed by atoms with Gasteiger partial charge in [0.1, 0.15) is 5.82 Å². The Morgan fingerprint density at radius 3 is 2.50 bits per heavy atom. The number of amides is 1. The molecule has 1 unspecified atom stereocenters. The number of halogens is 1. The number of fused-ring (bicyclic) bond motifs is 2. The van der Waals surface area contributed by atoms with Crippen LogP contribution in [0.2, 0.25) is 0 Å². The zero-order chi connectivity index (χ0) is 23.9. The predicted molar refractivity (Wildman–Crippen MR) is 125 cm³/mol. The van der Waals surface area contributed by atoms with Crippen LogP contribution in [0.1, 0.15) is 22.1 Å². The third-order valence-corrected chi connectivity index (χ3v) is 6.50. The Hall–Kier alpha value is -4.05. The van der Waals surface area contributed by atoms with Gasteiger partial charge in [0.15, 0.2) is 5.69 Å². The molecule has 0 radical (unpaired) electrons. The molecule has 0 saturated carbocycles. The fourth-order valence-electron chi connectivity index (χ4n) is 3.95. The lowest BCUT2D eigenvalue weighted by atomic mass is 10.1. The molecule has 2 aromatic carbocycles. The lowest BCUT2D eigenvalue weighted by Crippen LogP contribution is -2.31. The molecule has 8 nitrogen and oxygen atoms in total. The summed E-state index contributed by atoms with van der Waals surface area (Å²) in [6, 6.07) is 17.9. The number of benzene rings is 2.